The zero-order valence-corrected chi connectivity index (χ0v) is 15.1. The van der Waals surface area contributed by atoms with E-state index in [1.165, 1.54) is 6.26 Å². The summed E-state index contributed by atoms with van der Waals surface area (Å²) in [4.78, 5) is 43.8. The van der Waals surface area contributed by atoms with Crippen LogP contribution in [0.4, 0.5) is 4.79 Å². The molecular formula is C21H17N3O4. The SMILES string of the molecule is CC(c1ccccc1)N1C(=O)C(=O)N(Cc2coc(-c3ccccc3)n2)C1=O. The predicted molar refractivity (Wildman–Crippen MR) is 99.6 cm³/mol. The normalized spacial score (nSPS) is 15.4. The second kappa shape index (κ2) is 7.11. The molecule has 2 heterocycles. The van der Waals surface area contributed by atoms with Crippen LogP contribution in [0.15, 0.2) is 71.3 Å². The van der Waals surface area contributed by atoms with Crippen molar-refractivity contribution >= 4 is 17.8 Å². The Balaban J connectivity index is 1.55. The first-order valence-electron chi connectivity index (χ1n) is 8.80. The minimum atomic E-state index is -0.864. The zero-order chi connectivity index (χ0) is 19.7. The Hall–Kier alpha value is -3.74. The number of urea groups is 1. The van der Waals surface area contributed by atoms with Crippen molar-refractivity contribution in [1.29, 1.82) is 0 Å². The van der Waals surface area contributed by atoms with Gasteiger partial charge in [0.05, 0.1) is 18.3 Å². The Bertz CT molecular complexity index is 1030. The Morgan fingerprint density at radius 1 is 0.929 bits per heavy atom. The first-order chi connectivity index (χ1) is 13.6. The minimum absolute atomic E-state index is 0.127. The Labute approximate surface area is 161 Å². The van der Waals surface area contributed by atoms with Gasteiger partial charge in [-0.3, -0.25) is 9.59 Å². The van der Waals surface area contributed by atoms with Gasteiger partial charge in [-0.05, 0) is 24.6 Å². The van der Waals surface area contributed by atoms with Crippen molar-refractivity contribution in [1.82, 2.24) is 14.8 Å². The second-order valence-corrected chi connectivity index (χ2v) is 6.45. The molecule has 7 heteroatoms. The summed E-state index contributed by atoms with van der Waals surface area (Å²) in [7, 11) is 0. The molecule has 1 aromatic heterocycles. The molecule has 3 aromatic rings. The van der Waals surface area contributed by atoms with Crippen LogP contribution in [-0.4, -0.2) is 32.6 Å². The molecule has 2 aromatic carbocycles. The molecule has 1 atom stereocenters. The average Bonchev–Trinajstić information content (AvgIpc) is 3.28. The molecule has 4 rings (SSSR count). The molecule has 1 aliphatic heterocycles. The lowest BCUT2D eigenvalue weighted by Gasteiger charge is -2.22. The van der Waals surface area contributed by atoms with E-state index in [1.54, 1.807) is 6.92 Å². The van der Waals surface area contributed by atoms with E-state index in [-0.39, 0.29) is 6.54 Å². The highest BCUT2D eigenvalue weighted by Gasteiger charge is 2.47. The summed E-state index contributed by atoms with van der Waals surface area (Å²) in [6.07, 6.45) is 1.39. The molecular weight excluding hydrogens is 358 g/mol. The first-order valence-corrected chi connectivity index (χ1v) is 8.80. The number of carbonyl (C=O) groups is 3. The number of hydrogen-bond acceptors (Lipinski definition) is 5. The van der Waals surface area contributed by atoms with Crippen molar-refractivity contribution in [2.24, 2.45) is 0 Å². The largest absolute Gasteiger partial charge is 0.444 e. The summed E-state index contributed by atoms with van der Waals surface area (Å²) in [5.41, 5.74) is 1.94. The van der Waals surface area contributed by atoms with E-state index in [4.69, 9.17) is 4.42 Å². The highest BCUT2D eigenvalue weighted by atomic mass is 16.3. The minimum Gasteiger partial charge on any atom is -0.444 e. The third kappa shape index (κ3) is 3.07. The van der Waals surface area contributed by atoms with E-state index in [2.05, 4.69) is 4.98 Å². The standard InChI is InChI=1S/C21H17N3O4/c1-14(15-8-4-2-5-9-15)24-20(26)19(25)23(21(24)27)12-17-13-28-18(22-17)16-10-6-3-7-11-16/h2-11,13-14H,12H2,1H3. The van der Waals surface area contributed by atoms with Crippen LogP contribution in [0, 0.1) is 0 Å². The summed E-state index contributed by atoms with van der Waals surface area (Å²) in [6, 6.07) is 17.2. The quantitative estimate of drug-likeness (QED) is 0.504. The molecule has 1 fully saturated rings. The van der Waals surface area contributed by atoms with Gasteiger partial charge in [-0.25, -0.2) is 19.6 Å². The fourth-order valence-electron chi connectivity index (χ4n) is 3.14. The number of imide groups is 2. The topological polar surface area (TPSA) is 83.7 Å². The highest BCUT2D eigenvalue weighted by molar-refractivity contribution is 6.44. The number of amides is 4. The van der Waals surface area contributed by atoms with E-state index in [0.717, 1.165) is 20.9 Å². The van der Waals surface area contributed by atoms with E-state index in [1.807, 2.05) is 60.7 Å². The molecule has 0 saturated carbocycles. The van der Waals surface area contributed by atoms with Gasteiger partial charge in [0.15, 0.2) is 0 Å². The van der Waals surface area contributed by atoms with E-state index >= 15 is 0 Å². The maximum absolute atomic E-state index is 12.8. The molecule has 1 aliphatic rings. The van der Waals surface area contributed by atoms with Crippen LogP contribution in [-0.2, 0) is 16.1 Å². The number of benzene rings is 2. The van der Waals surface area contributed by atoms with Gasteiger partial charge in [-0.15, -0.1) is 0 Å². The summed E-state index contributed by atoms with van der Waals surface area (Å²) in [5, 5.41) is 0. The lowest BCUT2D eigenvalue weighted by Crippen LogP contribution is -2.35. The Kier molecular flexibility index (Phi) is 4.49. The number of rotatable bonds is 5. The maximum atomic E-state index is 12.8. The highest BCUT2D eigenvalue weighted by Crippen LogP contribution is 2.27. The summed E-state index contributed by atoms with van der Waals surface area (Å²) in [6.45, 7) is 1.59. The average molecular weight is 375 g/mol. The van der Waals surface area contributed by atoms with Gasteiger partial charge in [-0.1, -0.05) is 48.5 Å². The monoisotopic (exact) mass is 375 g/mol. The predicted octanol–water partition coefficient (Wildman–Crippen LogP) is 3.39. The lowest BCUT2D eigenvalue weighted by atomic mass is 10.1. The summed E-state index contributed by atoms with van der Waals surface area (Å²) in [5.74, 6) is -1.32. The lowest BCUT2D eigenvalue weighted by molar-refractivity contribution is -0.144. The molecule has 140 valence electrons. The maximum Gasteiger partial charge on any atom is 0.335 e. The van der Waals surface area contributed by atoms with Gasteiger partial charge in [0, 0.05) is 5.56 Å². The fourth-order valence-corrected chi connectivity index (χ4v) is 3.14. The van der Waals surface area contributed by atoms with Gasteiger partial charge in [0.2, 0.25) is 5.89 Å². The molecule has 7 nitrogen and oxygen atoms in total. The van der Waals surface area contributed by atoms with Gasteiger partial charge < -0.3 is 4.42 Å². The van der Waals surface area contributed by atoms with Crippen LogP contribution < -0.4 is 0 Å². The van der Waals surface area contributed by atoms with Crippen molar-refractivity contribution in [3.8, 4) is 11.5 Å². The number of hydrogen-bond donors (Lipinski definition) is 0. The van der Waals surface area contributed by atoms with Crippen LogP contribution in [0.2, 0.25) is 0 Å². The summed E-state index contributed by atoms with van der Waals surface area (Å²) >= 11 is 0. The molecule has 0 aliphatic carbocycles. The van der Waals surface area contributed by atoms with Gasteiger partial charge in [-0.2, -0.15) is 0 Å². The van der Waals surface area contributed by atoms with E-state index in [0.29, 0.717) is 11.6 Å². The van der Waals surface area contributed by atoms with Gasteiger partial charge in [0.1, 0.15) is 6.26 Å². The Morgan fingerprint density at radius 2 is 1.57 bits per heavy atom. The third-order valence-corrected chi connectivity index (χ3v) is 4.65. The molecule has 0 N–H and O–H groups in total. The summed E-state index contributed by atoms with van der Waals surface area (Å²) < 4.78 is 5.44. The Morgan fingerprint density at radius 3 is 2.25 bits per heavy atom. The molecule has 0 radical (unpaired) electrons. The van der Waals surface area contributed by atoms with E-state index in [9.17, 15) is 14.4 Å². The molecule has 28 heavy (non-hydrogen) atoms. The van der Waals surface area contributed by atoms with Crippen LogP contribution in [0.3, 0.4) is 0 Å². The smallest absolute Gasteiger partial charge is 0.335 e. The molecule has 1 unspecified atom stereocenters. The number of carbonyl (C=O) groups excluding carboxylic acids is 3. The van der Waals surface area contributed by atoms with Crippen LogP contribution >= 0.6 is 0 Å². The number of oxazole rings is 1. The fraction of sp³-hybridized carbons (Fsp3) is 0.143. The van der Waals surface area contributed by atoms with Crippen LogP contribution in [0.5, 0.6) is 0 Å². The second-order valence-electron chi connectivity index (χ2n) is 6.45. The van der Waals surface area contributed by atoms with Crippen molar-refractivity contribution in [3.63, 3.8) is 0 Å². The zero-order valence-electron chi connectivity index (χ0n) is 15.1. The number of aromatic nitrogens is 1. The van der Waals surface area contributed by atoms with Crippen LogP contribution in [0.25, 0.3) is 11.5 Å². The molecule has 1 saturated heterocycles. The van der Waals surface area contributed by atoms with Gasteiger partial charge >= 0.3 is 17.8 Å². The van der Waals surface area contributed by atoms with Crippen LogP contribution in [0.1, 0.15) is 24.2 Å². The number of nitrogens with zero attached hydrogens (tertiary/aromatic N) is 3. The first kappa shape index (κ1) is 17.7. The van der Waals surface area contributed by atoms with Crippen molar-refractivity contribution in [2.45, 2.75) is 19.5 Å². The van der Waals surface area contributed by atoms with Crippen molar-refractivity contribution in [3.05, 3.63) is 78.2 Å². The third-order valence-electron chi connectivity index (χ3n) is 4.65. The molecule has 0 bridgehead atoms. The van der Waals surface area contributed by atoms with Gasteiger partial charge in [0.25, 0.3) is 0 Å². The van der Waals surface area contributed by atoms with E-state index < -0.39 is 23.9 Å². The molecule has 0 spiro atoms. The molecule has 4 amide bonds. The van der Waals surface area contributed by atoms with Crippen molar-refractivity contribution in [2.75, 3.05) is 0 Å². The van der Waals surface area contributed by atoms with Crippen molar-refractivity contribution < 1.29 is 18.8 Å².